The van der Waals surface area contributed by atoms with Crippen molar-refractivity contribution >= 4 is 11.0 Å². The lowest BCUT2D eigenvalue weighted by molar-refractivity contribution is -0.137. The molecule has 0 amide bonds. The number of hydrogen-bond acceptors (Lipinski definition) is 3. The zero-order valence-electron chi connectivity index (χ0n) is 10.8. The molecule has 6 heteroatoms. The molecule has 0 saturated heterocycles. The van der Waals surface area contributed by atoms with Crippen molar-refractivity contribution in [2.24, 2.45) is 5.73 Å². The first-order chi connectivity index (χ1) is 9.97. The lowest BCUT2D eigenvalue weighted by atomic mass is 10.1. The average molecular weight is 292 g/mol. The van der Waals surface area contributed by atoms with Crippen LogP contribution in [0.1, 0.15) is 11.1 Å². The molecule has 1 aromatic carbocycles. The minimum absolute atomic E-state index is 0.377. The van der Waals surface area contributed by atoms with E-state index in [2.05, 4.69) is 4.98 Å². The fourth-order valence-corrected chi connectivity index (χ4v) is 2.04. The number of hydrogen-bond donors (Lipinski definition) is 1. The summed E-state index contributed by atoms with van der Waals surface area (Å²) < 4.78 is 43.6. The zero-order valence-corrected chi connectivity index (χ0v) is 10.8. The molecule has 0 aliphatic rings. The van der Waals surface area contributed by atoms with Gasteiger partial charge in [-0.1, -0.05) is 6.07 Å². The van der Waals surface area contributed by atoms with Gasteiger partial charge in [0.05, 0.1) is 5.56 Å². The molecule has 0 aliphatic heterocycles. The maximum atomic E-state index is 12.7. The minimum Gasteiger partial charge on any atom is -0.454 e. The molecule has 2 aromatic heterocycles. The number of halogens is 3. The molecule has 2 heterocycles. The highest BCUT2D eigenvalue weighted by Gasteiger charge is 2.30. The molecule has 2 N–H and O–H groups in total. The smallest absolute Gasteiger partial charge is 0.416 e. The third kappa shape index (κ3) is 2.62. The van der Waals surface area contributed by atoms with Crippen LogP contribution in [0.25, 0.3) is 22.4 Å². The van der Waals surface area contributed by atoms with Crippen molar-refractivity contribution < 1.29 is 17.6 Å². The van der Waals surface area contributed by atoms with Crippen LogP contribution in [0.3, 0.4) is 0 Å². The van der Waals surface area contributed by atoms with Gasteiger partial charge in [0.2, 0.25) is 0 Å². The van der Waals surface area contributed by atoms with Gasteiger partial charge < -0.3 is 10.2 Å². The third-order valence-electron chi connectivity index (χ3n) is 3.16. The fraction of sp³-hybridized carbons (Fsp3) is 0.133. The molecular formula is C15H11F3N2O. The lowest BCUT2D eigenvalue weighted by Crippen LogP contribution is -2.03. The van der Waals surface area contributed by atoms with Gasteiger partial charge in [0, 0.05) is 18.1 Å². The first kappa shape index (κ1) is 13.6. The van der Waals surface area contributed by atoms with Gasteiger partial charge in [-0.15, -0.1) is 0 Å². The average Bonchev–Trinajstić information content (AvgIpc) is 2.89. The van der Waals surface area contributed by atoms with Crippen molar-refractivity contribution in [1.82, 2.24) is 4.98 Å². The van der Waals surface area contributed by atoms with Crippen molar-refractivity contribution in [2.75, 3.05) is 0 Å². The first-order valence-corrected chi connectivity index (χ1v) is 6.23. The Morgan fingerprint density at radius 3 is 2.52 bits per heavy atom. The van der Waals surface area contributed by atoms with E-state index in [1.54, 1.807) is 24.4 Å². The van der Waals surface area contributed by atoms with Gasteiger partial charge in [0.25, 0.3) is 0 Å². The molecule has 0 aliphatic carbocycles. The second-order valence-corrected chi connectivity index (χ2v) is 4.62. The summed E-state index contributed by atoms with van der Waals surface area (Å²) in [4.78, 5) is 4.19. The summed E-state index contributed by atoms with van der Waals surface area (Å²) in [5.41, 5.74) is 6.60. The Hall–Kier alpha value is -2.34. The van der Waals surface area contributed by atoms with Crippen LogP contribution in [0.4, 0.5) is 13.2 Å². The Bertz CT molecular complexity index is 776. The number of benzene rings is 1. The Morgan fingerprint density at radius 2 is 1.90 bits per heavy atom. The summed E-state index contributed by atoms with van der Waals surface area (Å²) in [5.74, 6) is 0.424. The van der Waals surface area contributed by atoms with Gasteiger partial charge in [-0.3, -0.25) is 4.98 Å². The van der Waals surface area contributed by atoms with E-state index >= 15 is 0 Å². The van der Waals surface area contributed by atoms with Crippen molar-refractivity contribution in [3.05, 3.63) is 53.7 Å². The van der Waals surface area contributed by atoms with Crippen LogP contribution >= 0.6 is 0 Å². The molecule has 3 aromatic rings. The molecule has 0 spiro atoms. The molecule has 21 heavy (non-hydrogen) atoms. The number of furan rings is 1. The molecule has 0 bridgehead atoms. The van der Waals surface area contributed by atoms with Crippen molar-refractivity contribution in [2.45, 2.75) is 12.7 Å². The number of nitrogens with two attached hydrogens (primary N) is 1. The van der Waals surface area contributed by atoms with Gasteiger partial charge >= 0.3 is 6.18 Å². The molecule has 0 radical (unpaired) electrons. The molecule has 0 atom stereocenters. The van der Waals surface area contributed by atoms with E-state index in [1.165, 1.54) is 6.07 Å². The molecule has 3 nitrogen and oxygen atoms in total. The topological polar surface area (TPSA) is 52.0 Å². The van der Waals surface area contributed by atoms with Gasteiger partial charge in [-0.2, -0.15) is 13.2 Å². The number of aromatic nitrogens is 1. The van der Waals surface area contributed by atoms with Crippen LogP contribution in [-0.4, -0.2) is 4.98 Å². The Labute approximate surface area is 118 Å². The predicted octanol–water partition coefficient (Wildman–Crippen LogP) is 3.97. The van der Waals surface area contributed by atoms with Gasteiger partial charge in [0.15, 0.2) is 5.76 Å². The number of nitrogens with zero attached hydrogens (tertiary/aromatic N) is 1. The predicted molar refractivity (Wildman–Crippen MR) is 72.3 cm³/mol. The van der Waals surface area contributed by atoms with Crippen LogP contribution < -0.4 is 5.73 Å². The summed E-state index contributed by atoms with van der Waals surface area (Å²) in [6, 6.07) is 8.46. The van der Waals surface area contributed by atoms with E-state index in [0.717, 1.165) is 17.7 Å². The number of pyridine rings is 1. The van der Waals surface area contributed by atoms with Gasteiger partial charge in [-0.05, 0) is 35.9 Å². The fourth-order valence-electron chi connectivity index (χ4n) is 2.04. The highest BCUT2D eigenvalue weighted by atomic mass is 19.4. The van der Waals surface area contributed by atoms with Crippen molar-refractivity contribution in [3.63, 3.8) is 0 Å². The van der Waals surface area contributed by atoms with Crippen LogP contribution in [-0.2, 0) is 12.7 Å². The van der Waals surface area contributed by atoms with Crippen LogP contribution in [0.5, 0.6) is 0 Å². The number of rotatable bonds is 2. The summed E-state index contributed by atoms with van der Waals surface area (Å²) in [6.45, 7) is 0.377. The van der Waals surface area contributed by atoms with Crippen molar-refractivity contribution in [1.29, 1.82) is 0 Å². The van der Waals surface area contributed by atoms with Gasteiger partial charge in [0.1, 0.15) is 11.3 Å². The normalized spacial score (nSPS) is 12.0. The molecular weight excluding hydrogens is 281 g/mol. The number of alkyl halides is 3. The quantitative estimate of drug-likeness (QED) is 0.777. The van der Waals surface area contributed by atoms with E-state index in [0.29, 0.717) is 29.0 Å². The summed E-state index contributed by atoms with van der Waals surface area (Å²) in [5, 5.41) is 0.393. The third-order valence-corrected chi connectivity index (χ3v) is 3.16. The van der Waals surface area contributed by atoms with E-state index in [1.807, 2.05) is 0 Å². The molecule has 0 unspecified atom stereocenters. The second-order valence-electron chi connectivity index (χ2n) is 4.62. The molecule has 3 rings (SSSR count). The van der Waals surface area contributed by atoms with Gasteiger partial charge in [-0.25, -0.2) is 0 Å². The number of fused-ring (bicyclic) bond motifs is 1. The summed E-state index contributed by atoms with van der Waals surface area (Å²) in [6.07, 6.45) is -2.75. The molecule has 0 fully saturated rings. The van der Waals surface area contributed by atoms with Crippen LogP contribution in [0.15, 0.2) is 47.0 Å². The maximum absolute atomic E-state index is 12.7. The highest BCUT2D eigenvalue weighted by Crippen LogP contribution is 2.34. The second kappa shape index (κ2) is 4.89. The Morgan fingerprint density at radius 1 is 1.10 bits per heavy atom. The standard InChI is InChI=1S/C15H11F3N2O/c16-15(17,18)11-2-4-13-10(5-11)6-14(21-13)12-3-1-9(7-19)8-20-12/h1-6,8H,7,19H2. The molecule has 0 saturated carbocycles. The first-order valence-electron chi connectivity index (χ1n) is 6.23. The largest absolute Gasteiger partial charge is 0.454 e. The summed E-state index contributed by atoms with van der Waals surface area (Å²) in [7, 11) is 0. The highest BCUT2D eigenvalue weighted by molar-refractivity contribution is 5.83. The van der Waals surface area contributed by atoms with E-state index in [4.69, 9.17) is 10.2 Å². The monoisotopic (exact) mass is 292 g/mol. The lowest BCUT2D eigenvalue weighted by Gasteiger charge is -2.04. The van der Waals surface area contributed by atoms with Crippen LogP contribution in [0, 0.1) is 0 Å². The Kier molecular flexibility index (Phi) is 3.17. The SMILES string of the molecule is NCc1ccc(-c2cc3cc(C(F)(F)F)ccc3o2)nc1. The minimum atomic E-state index is -4.37. The Balaban J connectivity index is 2.04. The maximum Gasteiger partial charge on any atom is 0.416 e. The zero-order chi connectivity index (χ0) is 15.0. The van der Waals surface area contributed by atoms with E-state index in [-0.39, 0.29) is 0 Å². The van der Waals surface area contributed by atoms with E-state index < -0.39 is 11.7 Å². The summed E-state index contributed by atoms with van der Waals surface area (Å²) >= 11 is 0. The van der Waals surface area contributed by atoms with Crippen molar-refractivity contribution in [3.8, 4) is 11.5 Å². The van der Waals surface area contributed by atoms with Crippen LogP contribution in [0.2, 0.25) is 0 Å². The van der Waals surface area contributed by atoms with E-state index in [9.17, 15) is 13.2 Å². The molecule has 108 valence electrons.